The van der Waals surface area contributed by atoms with Crippen LogP contribution in [-0.4, -0.2) is 16.9 Å². The molecule has 0 aliphatic rings. The first kappa shape index (κ1) is 14.0. The van der Waals surface area contributed by atoms with Crippen molar-refractivity contribution < 1.29 is 9.53 Å². The Morgan fingerprint density at radius 2 is 2.00 bits per heavy atom. The van der Waals surface area contributed by atoms with E-state index in [1.807, 2.05) is 54.8 Å². The molecular weight excluding hydrogens is 302 g/mol. The Labute approximate surface area is 131 Å². The lowest BCUT2D eigenvalue weighted by Gasteiger charge is -2.05. The van der Waals surface area contributed by atoms with E-state index < -0.39 is 0 Å². The lowest BCUT2D eigenvalue weighted by atomic mass is 10.1. The number of benzene rings is 1. The second-order valence-corrected chi connectivity index (χ2v) is 6.02. The highest BCUT2D eigenvalue weighted by Crippen LogP contribution is 2.38. The molecule has 0 aliphatic carbocycles. The number of rotatable bonds is 4. The third kappa shape index (κ3) is 2.75. The van der Waals surface area contributed by atoms with Crippen LogP contribution in [0, 0.1) is 0 Å². The maximum Gasteiger partial charge on any atom is 0.341 e. The second-order valence-electron chi connectivity index (χ2n) is 4.30. The van der Waals surface area contributed by atoms with Gasteiger partial charge in [0.1, 0.15) is 5.56 Å². The molecule has 5 heteroatoms. The van der Waals surface area contributed by atoms with E-state index in [2.05, 4.69) is 4.37 Å². The first-order chi connectivity index (χ1) is 10.3. The Kier molecular flexibility index (Phi) is 4.13. The minimum Gasteiger partial charge on any atom is -0.462 e. The van der Waals surface area contributed by atoms with E-state index in [1.165, 1.54) is 11.5 Å². The van der Waals surface area contributed by atoms with Crippen LogP contribution in [0.1, 0.15) is 17.3 Å². The van der Waals surface area contributed by atoms with Crippen molar-refractivity contribution in [3.05, 3.63) is 53.4 Å². The molecule has 106 valence electrons. The monoisotopic (exact) mass is 315 g/mol. The summed E-state index contributed by atoms with van der Waals surface area (Å²) in [5.74, 6) is -0.312. The number of esters is 1. The molecule has 3 rings (SSSR count). The maximum absolute atomic E-state index is 12.4. The van der Waals surface area contributed by atoms with Gasteiger partial charge in [-0.2, -0.15) is 4.37 Å². The molecular formula is C16H13NO2S2. The predicted octanol–water partition coefficient (Wildman–Crippen LogP) is 4.72. The molecule has 0 bridgehead atoms. The zero-order valence-electron chi connectivity index (χ0n) is 11.4. The van der Waals surface area contributed by atoms with E-state index in [0.29, 0.717) is 17.9 Å². The van der Waals surface area contributed by atoms with Crippen LogP contribution in [-0.2, 0) is 4.74 Å². The predicted molar refractivity (Wildman–Crippen MR) is 86.8 cm³/mol. The van der Waals surface area contributed by atoms with Crippen LogP contribution in [0.15, 0.2) is 47.8 Å². The normalized spacial score (nSPS) is 10.5. The molecule has 0 atom stereocenters. The molecule has 0 fully saturated rings. The van der Waals surface area contributed by atoms with Crippen molar-refractivity contribution in [3.8, 4) is 21.0 Å². The van der Waals surface area contributed by atoms with Gasteiger partial charge >= 0.3 is 5.97 Å². The molecule has 0 aliphatic heterocycles. The van der Waals surface area contributed by atoms with E-state index >= 15 is 0 Å². The van der Waals surface area contributed by atoms with Gasteiger partial charge in [-0.15, -0.1) is 11.3 Å². The minimum absolute atomic E-state index is 0.312. The zero-order chi connectivity index (χ0) is 14.7. The molecule has 1 aromatic carbocycles. The van der Waals surface area contributed by atoms with Crippen molar-refractivity contribution in [3.63, 3.8) is 0 Å². The Bertz CT molecular complexity index is 733. The van der Waals surface area contributed by atoms with Crippen LogP contribution in [0.25, 0.3) is 21.0 Å². The Morgan fingerprint density at radius 3 is 2.67 bits per heavy atom. The molecule has 3 aromatic rings. The molecule has 2 heterocycles. The number of nitrogens with zero attached hydrogens (tertiary/aromatic N) is 1. The van der Waals surface area contributed by atoms with Crippen LogP contribution < -0.4 is 0 Å². The smallest absolute Gasteiger partial charge is 0.341 e. The topological polar surface area (TPSA) is 39.2 Å². The second kappa shape index (κ2) is 6.20. The average molecular weight is 315 g/mol. The van der Waals surface area contributed by atoms with Gasteiger partial charge < -0.3 is 4.74 Å². The number of hydrogen-bond donors (Lipinski definition) is 0. The SMILES string of the molecule is CCOC(=O)c1c(-c2ccccc2)nsc1-c1cccs1. The van der Waals surface area contributed by atoms with Crippen molar-refractivity contribution in [1.82, 2.24) is 4.37 Å². The molecule has 0 radical (unpaired) electrons. The largest absolute Gasteiger partial charge is 0.462 e. The summed E-state index contributed by atoms with van der Waals surface area (Å²) in [6, 6.07) is 13.7. The standard InChI is InChI=1S/C16H13NO2S2/c1-2-19-16(18)13-14(11-7-4-3-5-8-11)17-21-15(13)12-9-6-10-20-12/h3-10H,2H2,1H3. The highest BCUT2D eigenvalue weighted by molar-refractivity contribution is 7.19. The number of ether oxygens (including phenoxy) is 1. The van der Waals surface area contributed by atoms with Gasteiger partial charge in [0.15, 0.2) is 0 Å². The third-order valence-electron chi connectivity index (χ3n) is 2.96. The fourth-order valence-corrected chi connectivity index (χ4v) is 3.79. The first-order valence-electron chi connectivity index (χ1n) is 6.57. The van der Waals surface area contributed by atoms with Crippen molar-refractivity contribution in [2.75, 3.05) is 6.61 Å². The molecule has 3 nitrogen and oxygen atoms in total. The first-order valence-corrected chi connectivity index (χ1v) is 8.22. The van der Waals surface area contributed by atoms with Gasteiger partial charge in [0.2, 0.25) is 0 Å². The van der Waals surface area contributed by atoms with Gasteiger partial charge in [0.25, 0.3) is 0 Å². The highest BCUT2D eigenvalue weighted by atomic mass is 32.1. The van der Waals surface area contributed by atoms with Gasteiger partial charge in [-0.25, -0.2) is 4.79 Å². The maximum atomic E-state index is 12.4. The van der Waals surface area contributed by atoms with Crippen LogP contribution in [0.3, 0.4) is 0 Å². The quantitative estimate of drug-likeness (QED) is 0.654. The summed E-state index contributed by atoms with van der Waals surface area (Å²) in [7, 11) is 0. The summed E-state index contributed by atoms with van der Waals surface area (Å²) in [6.07, 6.45) is 0. The van der Waals surface area contributed by atoms with Crippen molar-refractivity contribution in [2.45, 2.75) is 6.92 Å². The Balaban J connectivity index is 2.15. The third-order valence-corrected chi connectivity index (χ3v) is 4.86. The summed E-state index contributed by atoms with van der Waals surface area (Å²) in [6.45, 7) is 2.16. The van der Waals surface area contributed by atoms with Gasteiger partial charge in [-0.1, -0.05) is 36.4 Å². The Hall–Kier alpha value is -1.98. The fraction of sp³-hybridized carbons (Fsp3) is 0.125. The van der Waals surface area contributed by atoms with Crippen LogP contribution >= 0.6 is 22.9 Å². The van der Waals surface area contributed by atoms with Crippen molar-refractivity contribution >= 4 is 28.8 Å². The van der Waals surface area contributed by atoms with Crippen LogP contribution in [0.4, 0.5) is 0 Å². The molecule has 2 aromatic heterocycles. The van der Waals surface area contributed by atoms with Crippen molar-refractivity contribution in [1.29, 1.82) is 0 Å². The van der Waals surface area contributed by atoms with Crippen LogP contribution in [0.2, 0.25) is 0 Å². The molecule has 0 saturated carbocycles. The van der Waals surface area contributed by atoms with E-state index in [4.69, 9.17) is 4.74 Å². The van der Waals surface area contributed by atoms with Gasteiger partial charge in [0, 0.05) is 10.4 Å². The van der Waals surface area contributed by atoms with Crippen molar-refractivity contribution in [2.24, 2.45) is 0 Å². The lowest BCUT2D eigenvalue weighted by Crippen LogP contribution is -2.06. The highest BCUT2D eigenvalue weighted by Gasteiger charge is 2.24. The summed E-state index contributed by atoms with van der Waals surface area (Å²) in [5, 5.41) is 1.99. The number of thiophene rings is 1. The molecule has 21 heavy (non-hydrogen) atoms. The number of carbonyl (C=O) groups is 1. The van der Waals surface area contributed by atoms with Gasteiger partial charge in [-0.3, -0.25) is 0 Å². The fourth-order valence-electron chi connectivity index (χ4n) is 2.05. The molecule has 0 saturated heterocycles. The Morgan fingerprint density at radius 1 is 1.19 bits per heavy atom. The summed E-state index contributed by atoms with van der Waals surface area (Å²) >= 11 is 2.94. The zero-order valence-corrected chi connectivity index (χ0v) is 13.0. The van der Waals surface area contributed by atoms with Crippen LogP contribution in [0.5, 0.6) is 0 Å². The number of carbonyl (C=O) groups excluding carboxylic acids is 1. The summed E-state index contributed by atoms with van der Waals surface area (Å²) in [4.78, 5) is 14.3. The molecule has 0 amide bonds. The van der Waals surface area contributed by atoms with E-state index in [0.717, 1.165) is 15.3 Å². The average Bonchev–Trinajstić information content (AvgIpc) is 3.17. The molecule has 0 N–H and O–H groups in total. The summed E-state index contributed by atoms with van der Waals surface area (Å²) < 4.78 is 9.71. The number of hydrogen-bond acceptors (Lipinski definition) is 5. The lowest BCUT2D eigenvalue weighted by molar-refractivity contribution is 0.0528. The summed E-state index contributed by atoms with van der Waals surface area (Å²) in [5.41, 5.74) is 2.19. The van der Waals surface area contributed by atoms with E-state index in [9.17, 15) is 4.79 Å². The molecule has 0 spiro atoms. The minimum atomic E-state index is -0.312. The molecule has 0 unspecified atom stereocenters. The van der Waals surface area contributed by atoms with Gasteiger partial charge in [0.05, 0.1) is 17.2 Å². The number of aromatic nitrogens is 1. The van der Waals surface area contributed by atoms with E-state index in [1.54, 1.807) is 11.3 Å². The van der Waals surface area contributed by atoms with E-state index in [-0.39, 0.29) is 5.97 Å². The van der Waals surface area contributed by atoms with Gasteiger partial charge in [-0.05, 0) is 29.9 Å².